The average molecular weight is 893 g/mol. The number of rotatable bonds is 6. The summed E-state index contributed by atoms with van der Waals surface area (Å²) < 4.78 is 14.3. The van der Waals surface area contributed by atoms with Crippen LogP contribution in [-0.4, -0.2) is 0 Å². The van der Waals surface area contributed by atoms with Gasteiger partial charge in [0.25, 0.3) is 0 Å². The van der Waals surface area contributed by atoms with E-state index in [1.807, 2.05) is 0 Å². The zero-order valence-electron chi connectivity index (χ0n) is 37.8. The molecule has 0 radical (unpaired) electrons. The number of hydrogen-bond donors (Lipinski definition) is 0. The quantitative estimate of drug-likeness (QED) is 0.156. The molecule has 2 aromatic heterocycles. The lowest BCUT2D eigenvalue weighted by Crippen LogP contribution is -2.11. The molecule has 0 unspecified atom stereocenters. The van der Waals surface area contributed by atoms with Gasteiger partial charge < -0.3 is 18.6 Å². The summed E-state index contributed by atoms with van der Waals surface area (Å²) in [6, 6.07) is 87.3. The Bertz CT molecular complexity index is 4610. The second-order valence-electron chi connectivity index (χ2n) is 18.3. The molecule has 0 spiro atoms. The van der Waals surface area contributed by atoms with E-state index in [2.05, 4.69) is 252 Å². The topological polar surface area (TPSA) is 32.8 Å². The van der Waals surface area contributed by atoms with Crippen molar-refractivity contribution in [1.82, 2.24) is 0 Å². The fraction of sp³-hybridized carbons (Fsp3) is 0. The van der Waals surface area contributed by atoms with E-state index in [1.54, 1.807) is 0 Å². The summed E-state index contributed by atoms with van der Waals surface area (Å²) in [5.74, 6) is 0. The molecule has 0 aliphatic heterocycles. The summed E-state index contributed by atoms with van der Waals surface area (Å²) in [6.45, 7) is 0. The first-order valence-corrected chi connectivity index (χ1v) is 23.9. The summed E-state index contributed by atoms with van der Waals surface area (Å²) in [6.07, 6.45) is 0. The molecule has 4 nitrogen and oxygen atoms in total. The Labute approximate surface area is 402 Å². The van der Waals surface area contributed by atoms with Crippen LogP contribution in [0.15, 0.2) is 251 Å². The van der Waals surface area contributed by atoms with Crippen molar-refractivity contribution in [2.24, 2.45) is 0 Å². The zero-order valence-corrected chi connectivity index (χ0v) is 37.8. The third-order valence-electron chi connectivity index (χ3n) is 14.5. The highest BCUT2D eigenvalue weighted by atomic mass is 16.3. The van der Waals surface area contributed by atoms with Crippen molar-refractivity contribution in [1.29, 1.82) is 0 Å². The van der Waals surface area contributed by atoms with Gasteiger partial charge in [0.15, 0.2) is 0 Å². The molecule has 15 rings (SSSR count). The van der Waals surface area contributed by atoms with E-state index < -0.39 is 0 Å². The van der Waals surface area contributed by atoms with Gasteiger partial charge in [-0.05, 0) is 91.6 Å². The average Bonchev–Trinajstić information content (AvgIpc) is 4.00. The Balaban J connectivity index is 1.01. The van der Waals surface area contributed by atoms with Crippen LogP contribution in [-0.2, 0) is 0 Å². The van der Waals surface area contributed by atoms with Crippen molar-refractivity contribution < 1.29 is 8.83 Å². The third-order valence-corrected chi connectivity index (χ3v) is 14.5. The van der Waals surface area contributed by atoms with Crippen LogP contribution < -0.4 is 9.80 Å². The molecular weight excluding hydrogens is 853 g/mol. The molecule has 15 aromatic rings. The van der Waals surface area contributed by atoms with Crippen molar-refractivity contribution >= 4 is 143 Å². The molecule has 0 aliphatic rings. The third kappa shape index (κ3) is 5.65. The minimum absolute atomic E-state index is 0.782. The van der Waals surface area contributed by atoms with Crippen LogP contribution in [0.5, 0.6) is 0 Å². The molecule has 0 atom stereocenters. The minimum atomic E-state index is 0.782. The fourth-order valence-corrected chi connectivity index (χ4v) is 11.6. The standard InChI is InChI=1S/C66H40N2O2/c1-3-21-43(22-4-1)67(56-37-41-19-7-9-25-45(41)47-27-11-13-29-49(47)56)58-39-61-63(53-33-17-15-31-51(53)58)55-35-36-60-65(66(55)70-61)64-54-34-18-16-32-52(54)59(40-62(64)69-60)68(44-23-5-2-6-24-44)57-38-42-20-8-10-26-46(42)48-28-12-14-30-50(48)57/h1-40H. The zero-order chi connectivity index (χ0) is 45.9. The number of hydrogen-bond acceptors (Lipinski definition) is 4. The fourth-order valence-electron chi connectivity index (χ4n) is 11.6. The van der Waals surface area contributed by atoms with E-state index in [4.69, 9.17) is 8.83 Å². The number of para-hydroxylation sites is 2. The smallest absolute Gasteiger partial charge is 0.147 e. The van der Waals surface area contributed by atoms with Gasteiger partial charge in [0, 0.05) is 61.2 Å². The number of benzene rings is 13. The lowest BCUT2D eigenvalue weighted by atomic mass is 9.96. The van der Waals surface area contributed by atoms with Gasteiger partial charge in [0.05, 0.1) is 28.1 Å². The van der Waals surface area contributed by atoms with Crippen LogP contribution in [0.4, 0.5) is 34.1 Å². The molecule has 13 aromatic carbocycles. The van der Waals surface area contributed by atoms with Gasteiger partial charge in [-0.1, -0.05) is 182 Å². The van der Waals surface area contributed by atoms with Gasteiger partial charge in [-0.3, -0.25) is 0 Å². The van der Waals surface area contributed by atoms with Crippen LogP contribution in [0, 0.1) is 0 Å². The molecule has 4 heteroatoms. The van der Waals surface area contributed by atoms with Crippen molar-refractivity contribution in [3.8, 4) is 0 Å². The molecule has 0 fully saturated rings. The first-order valence-electron chi connectivity index (χ1n) is 23.9. The van der Waals surface area contributed by atoms with Crippen molar-refractivity contribution in [3.05, 3.63) is 243 Å². The van der Waals surface area contributed by atoms with Gasteiger partial charge in [-0.25, -0.2) is 0 Å². The van der Waals surface area contributed by atoms with Crippen LogP contribution >= 0.6 is 0 Å². The molecule has 2 heterocycles. The van der Waals surface area contributed by atoms with Gasteiger partial charge >= 0.3 is 0 Å². The summed E-state index contributed by atoms with van der Waals surface area (Å²) in [7, 11) is 0. The Morgan fingerprint density at radius 3 is 1.10 bits per heavy atom. The van der Waals surface area contributed by atoms with Crippen LogP contribution in [0.2, 0.25) is 0 Å². The summed E-state index contributed by atoms with van der Waals surface area (Å²) in [5, 5.41) is 18.2. The second-order valence-corrected chi connectivity index (χ2v) is 18.3. The van der Waals surface area contributed by atoms with Crippen LogP contribution in [0.25, 0.3) is 109 Å². The molecule has 70 heavy (non-hydrogen) atoms. The highest BCUT2D eigenvalue weighted by Gasteiger charge is 2.27. The predicted molar refractivity (Wildman–Crippen MR) is 295 cm³/mol. The number of furan rings is 2. The molecule has 326 valence electrons. The Kier molecular flexibility index (Phi) is 8.33. The van der Waals surface area contributed by atoms with Gasteiger partial charge in [0.2, 0.25) is 0 Å². The maximum atomic E-state index is 7.32. The molecule has 0 N–H and O–H groups in total. The summed E-state index contributed by atoms with van der Waals surface area (Å²) >= 11 is 0. The van der Waals surface area contributed by atoms with E-state index in [1.165, 1.54) is 43.1 Å². The van der Waals surface area contributed by atoms with Crippen LogP contribution in [0.3, 0.4) is 0 Å². The minimum Gasteiger partial charge on any atom is -0.456 e. The van der Waals surface area contributed by atoms with E-state index in [0.717, 1.165) is 99.5 Å². The molecule has 0 saturated heterocycles. The predicted octanol–water partition coefficient (Wildman–Crippen LogP) is 19.3. The van der Waals surface area contributed by atoms with Crippen molar-refractivity contribution in [2.45, 2.75) is 0 Å². The maximum absolute atomic E-state index is 7.32. The maximum Gasteiger partial charge on any atom is 0.147 e. The normalized spacial score (nSPS) is 12.0. The van der Waals surface area contributed by atoms with E-state index in [0.29, 0.717) is 0 Å². The highest BCUT2D eigenvalue weighted by molar-refractivity contribution is 6.33. The number of anilines is 6. The lowest BCUT2D eigenvalue weighted by molar-refractivity contribution is 0.663. The molecule has 0 bridgehead atoms. The summed E-state index contributed by atoms with van der Waals surface area (Å²) in [4.78, 5) is 4.82. The van der Waals surface area contributed by atoms with Crippen molar-refractivity contribution in [2.75, 3.05) is 9.80 Å². The number of fused-ring (bicyclic) bond motifs is 17. The molecular formula is C66H40N2O2. The van der Waals surface area contributed by atoms with Gasteiger partial charge in [0.1, 0.15) is 22.3 Å². The SMILES string of the molecule is c1ccc(N(c2cc3ccccc3c3ccccc23)c2cc3oc4c(ccc5oc6cc(N(c7ccccc7)c7cc8ccccc8c8ccccc78)c7ccccc7c6c54)c3c3ccccc23)cc1. The lowest BCUT2D eigenvalue weighted by Gasteiger charge is -2.28. The first kappa shape index (κ1) is 38.7. The van der Waals surface area contributed by atoms with E-state index >= 15 is 0 Å². The molecule has 0 amide bonds. The number of nitrogens with zero attached hydrogens (tertiary/aromatic N) is 2. The highest BCUT2D eigenvalue weighted by Crippen LogP contribution is 2.51. The van der Waals surface area contributed by atoms with Gasteiger partial charge in [-0.15, -0.1) is 0 Å². The monoisotopic (exact) mass is 892 g/mol. The molecule has 0 aliphatic carbocycles. The van der Waals surface area contributed by atoms with Crippen molar-refractivity contribution in [3.63, 3.8) is 0 Å². The van der Waals surface area contributed by atoms with E-state index in [9.17, 15) is 0 Å². The van der Waals surface area contributed by atoms with Gasteiger partial charge in [-0.2, -0.15) is 0 Å². The summed E-state index contributed by atoms with van der Waals surface area (Å²) in [5.41, 5.74) is 9.62. The van der Waals surface area contributed by atoms with Crippen LogP contribution in [0.1, 0.15) is 0 Å². The second kappa shape index (κ2) is 15.1. The largest absolute Gasteiger partial charge is 0.456 e. The Morgan fingerprint density at radius 1 is 0.229 bits per heavy atom. The Morgan fingerprint density at radius 2 is 0.600 bits per heavy atom. The van der Waals surface area contributed by atoms with E-state index in [-0.39, 0.29) is 0 Å². The molecule has 0 saturated carbocycles. The first-order chi connectivity index (χ1) is 34.7. The Hall–Kier alpha value is -9.38.